The van der Waals surface area contributed by atoms with Gasteiger partial charge in [0.2, 0.25) is 0 Å². The smallest absolute Gasteiger partial charge is 0.264 e. The van der Waals surface area contributed by atoms with Gasteiger partial charge in [-0.1, -0.05) is 36.4 Å². The Morgan fingerprint density at radius 3 is 2.25 bits per heavy atom. The van der Waals surface area contributed by atoms with Crippen molar-refractivity contribution in [3.63, 3.8) is 0 Å². The van der Waals surface area contributed by atoms with Crippen LogP contribution >= 0.6 is 0 Å². The first-order valence-electron chi connectivity index (χ1n) is 4.91. The van der Waals surface area contributed by atoms with Crippen molar-refractivity contribution in [1.29, 1.82) is 0 Å². The summed E-state index contributed by atoms with van der Waals surface area (Å²) in [7, 11) is 0. The van der Waals surface area contributed by atoms with Gasteiger partial charge in [0.15, 0.2) is 0 Å². The molecule has 2 N–H and O–H groups in total. The van der Waals surface area contributed by atoms with E-state index in [9.17, 15) is 8.78 Å². The first-order chi connectivity index (χ1) is 7.68. The maximum Gasteiger partial charge on any atom is 0.264 e. The predicted molar refractivity (Wildman–Crippen MR) is 61.2 cm³/mol. The summed E-state index contributed by atoms with van der Waals surface area (Å²) in [6.45, 7) is 0. The minimum atomic E-state index is -2.52. The molecule has 0 saturated carbocycles. The second-order valence-corrected chi connectivity index (χ2v) is 3.51. The van der Waals surface area contributed by atoms with Crippen LogP contribution in [0.1, 0.15) is 12.0 Å². The molecule has 2 aromatic rings. The molecule has 0 aromatic heterocycles. The Balaban J connectivity index is 2.57. The summed E-state index contributed by atoms with van der Waals surface area (Å²) in [5.41, 5.74) is 7.15. The lowest BCUT2D eigenvalue weighted by Crippen LogP contribution is -1.93. The number of nitrogen functional groups attached to an aromatic ring is 1. The zero-order valence-electron chi connectivity index (χ0n) is 8.53. The van der Waals surface area contributed by atoms with Gasteiger partial charge in [-0.05, 0) is 23.3 Å². The van der Waals surface area contributed by atoms with Crippen molar-refractivity contribution in [3.05, 3.63) is 54.1 Å². The monoisotopic (exact) mass is 219 g/mol. The molecule has 2 rings (SSSR count). The standard InChI is InChI=1S/C13H11F2N/c14-13(15)12-8-10(16)6-7-11(12)9-4-2-1-3-5-9/h1-8,13H,16H2. The van der Waals surface area contributed by atoms with Crippen LogP contribution in [-0.2, 0) is 0 Å². The fourth-order valence-electron chi connectivity index (χ4n) is 1.64. The van der Waals surface area contributed by atoms with Crippen LogP contribution in [0.5, 0.6) is 0 Å². The Labute approximate surface area is 92.5 Å². The number of nitrogens with two attached hydrogens (primary N) is 1. The highest BCUT2D eigenvalue weighted by Crippen LogP contribution is 2.32. The molecule has 16 heavy (non-hydrogen) atoms. The predicted octanol–water partition coefficient (Wildman–Crippen LogP) is 3.87. The molecule has 82 valence electrons. The third-order valence-corrected chi connectivity index (χ3v) is 2.40. The van der Waals surface area contributed by atoms with Crippen LogP contribution in [0.15, 0.2) is 48.5 Å². The normalized spacial score (nSPS) is 10.7. The van der Waals surface area contributed by atoms with Gasteiger partial charge in [0.05, 0.1) is 0 Å². The Bertz CT molecular complexity index is 481. The molecule has 0 heterocycles. The number of halogens is 2. The van der Waals surface area contributed by atoms with Gasteiger partial charge in [0.25, 0.3) is 6.43 Å². The van der Waals surface area contributed by atoms with Crippen molar-refractivity contribution in [2.45, 2.75) is 6.43 Å². The van der Waals surface area contributed by atoms with E-state index in [0.717, 1.165) is 5.56 Å². The van der Waals surface area contributed by atoms with E-state index < -0.39 is 6.43 Å². The summed E-state index contributed by atoms with van der Waals surface area (Å²) >= 11 is 0. The highest BCUT2D eigenvalue weighted by atomic mass is 19.3. The van der Waals surface area contributed by atoms with Gasteiger partial charge >= 0.3 is 0 Å². The topological polar surface area (TPSA) is 26.0 Å². The molecule has 0 aliphatic heterocycles. The van der Waals surface area contributed by atoms with Gasteiger partial charge in [-0.15, -0.1) is 0 Å². The molecule has 0 saturated heterocycles. The van der Waals surface area contributed by atoms with Crippen LogP contribution in [0.3, 0.4) is 0 Å². The lowest BCUT2D eigenvalue weighted by Gasteiger charge is -2.09. The SMILES string of the molecule is Nc1ccc(-c2ccccc2)c(C(F)F)c1. The highest BCUT2D eigenvalue weighted by molar-refractivity contribution is 5.70. The van der Waals surface area contributed by atoms with Crippen LogP contribution in [0.25, 0.3) is 11.1 Å². The van der Waals surface area contributed by atoms with Crippen molar-refractivity contribution < 1.29 is 8.78 Å². The van der Waals surface area contributed by atoms with Gasteiger partial charge in [-0.25, -0.2) is 8.78 Å². The summed E-state index contributed by atoms with van der Waals surface area (Å²) in [6, 6.07) is 13.7. The van der Waals surface area contributed by atoms with E-state index in [1.807, 2.05) is 18.2 Å². The maximum atomic E-state index is 12.8. The number of hydrogen-bond donors (Lipinski definition) is 1. The number of hydrogen-bond acceptors (Lipinski definition) is 1. The Hall–Kier alpha value is -1.90. The van der Waals surface area contributed by atoms with Gasteiger partial charge in [0.1, 0.15) is 0 Å². The summed E-state index contributed by atoms with van der Waals surface area (Å²) in [6.07, 6.45) is -2.52. The van der Waals surface area contributed by atoms with Crippen molar-refractivity contribution in [1.82, 2.24) is 0 Å². The second-order valence-electron chi connectivity index (χ2n) is 3.51. The zero-order valence-corrected chi connectivity index (χ0v) is 8.53. The first-order valence-corrected chi connectivity index (χ1v) is 4.91. The molecule has 0 aliphatic rings. The molecule has 0 aliphatic carbocycles. The first kappa shape index (κ1) is 10.6. The summed E-state index contributed by atoms with van der Waals surface area (Å²) in [5.74, 6) is 0. The molecule has 3 heteroatoms. The Morgan fingerprint density at radius 1 is 0.938 bits per heavy atom. The van der Waals surface area contributed by atoms with Gasteiger partial charge < -0.3 is 5.73 Å². The minimum absolute atomic E-state index is 0.0220. The fourth-order valence-corrected chi connectivity index (χ4v) is 1.64. The molecule has 0 radical (unpaired) electrons. The number of rotatable bonds is 2. The maximum absolute atomic E-state index is 12.8. The van der Waals surface area contributed by atoms with Gasteiger partial charge in [-0.2, -0.15) is 0 Å². The van der Waals surface area contributed by atoms with E-state index in [0.29, 0.717) is 11.3 Å². The largest absolute Gasteiger partial charge is 0.399 e. The van der Waals surface area contributed by atoms with Crippen LogP contribution in [0, 0.1) is 0 Å². The van der Waals surface area contributed by atoms with Crippen LogP contribution < -0.4 is 5.73 Å². The van der Waals surface area contributed by atoms with E-state index in [2.05, 4.69) is 0 Å². The molecule has 0 amide bonds. The van der Waals surface area contributed by atoms with Crippen molar-refractivity contribution >= 4 is 5.69 Å². The summed E-state index contributed by atoms with van der Waals surface area (Å²) < 4.78 is 25.7. The van der Waals surface area contributed by atoms with E-state index in [-0.39, 0.29) is 5.56 Å². The van der Waals surface area contributed by atoms with Crippen LogP contribution in [0.4, 0.5) is 14.5 Å². The molecule has 2 aromatic carbocycles. The quantitative estimate of drug-likeness (QED) is 0.762. The molecule has 0 fully saturated rings. The van der Waals surface area contributed by atoms with Crippen molar-refractivity contribution in [2.75, 3.05) is 5.73 Å². The number of benzene rings is 2. The lowest BCUT2D eigenvalue weighted by molar-refractivity contribution is 0.152. The van der Waals surface area contributed by atoms with Crippen molar-refractivity contribution in [3.8, 4) is 11.1 Å². The third kappa shape index (κ3) is 2.03. The minimum Gasteiger partial charge on any atom is -0.399 e. The highest BCUT2D eigenvalue weighted by Gasteiger charge is 2.14. The average molecular weight is 219 g/mol. The number of alkyl halides is 2. The van der Waals surface area contributed by atoms with E-state index >= 15 is 0 Å². The Kier molecular flexibility index (Phi) is 2.86. The van der Waals surface area contributed by atoms with E-state index in [1.54, 1.807) is 24.3 Å². The molecule has 0 atom stereocenters. The summed E-state index contributed by atoms with van der Waals surface area (Å²) in [4.78, 5) is 0. The molecular weight excluding hydrogens is 208 g/mol. The van der Waals surface area contributed by atoms with Crippen molar-refractivity contribution in [2.24, 2.45) is 0 Å². The van der Waals surface area contributed by atoms with Crippen LogP contribution in [-0.4, -0.2) is 0 Å². The van der Waals surface area contributed by atoms with E-state index in [1.165, 1.54) is 6.07 Å². The molecule has 0 bridgehead atoms. The molecule has 0 unspecified atom stereocenters. The third-order valence-electron chi connectivity index (χ3n) is 2.40. The zero-order chi connectivity index (χ0) is 11.5. The fraction of sp³-hybridized carbons (Fsp3) is 0.0769. The number of anilines is 1. The van der Waals surface area contributed by atoms with Gasteiger partial charge in [0, 0.05) is 11.3 Å². The summed E-state index contributed by atoms with van der Waals surface area (Å²) in [5, 5.41) is 0. The Morgan fingerprint density at radius 2 is 1.62 bits per heavy atom. The molecule has 0 spiro atoms. The average Bonchev–Trinajstić information content (AvgIpc) is 2.30. The lowest BCUT2D eigenvalue weighted by atomic mass is 9.99. The van der Waals surface area contributed by atoms with Gasteiger partial charge in [-0.3, -0.25) is 0 Å². The second kappa shape index (κ2) is 4.31. The van der Waals surface area contributed by atoms with Crippen LogP contribution in [0.2, 0.25) is 0 Å². The molecule has 1 nitrogen and oxygen atoms in total. The molecular formula is C13H11F2N. The van der Waals surface area contributed by atoms with E-state index in [4.69, 9.17) is 5.73 Å².